The number of rotatable bonds is 7. The van der Waals surface area contributed by atoms with Gasteiger partial charge >= 0.3 is 5.97 Å². The van der Waals surface area contributed by atoms with Crippen molar-refractivity contribution in [2.75, 3.05) is 14.2 Å². The van der Waals surface area contributed by atoms with Crippen molar-refractivity contribution in [2.24, 2.45) is 0 Å². The van der Waals surface area contributed by atoms with Gasteiger partial charge in [0.1, 0.15) is 11.5 Å². The van der Waals surface area contributed by atoms with Crippen molar-refractivity contribution >= 4 is 11.8 Å². The molecule has 0 amide bonds. The molecule has 1 aromatic carbocycles. The lowest BCUT2D eigenvalue weighted by Gasteiger charge is -2.36. The van der Waals surface area contributed by atoms with Crippen molar-refractivity contribution in [3.05, 3.63) is 70.0 Å². The van der Waals surface area contributed by atoms with Gasteiger partial charge in [-0.3, -0.25) is 4.79 Å². The summed E-state index contributed by atoms with van der Waals surface area (Å²) < 4.78 is 22.5. The highest BCUT2D eigenvalue weighted by Crippen LogP contribution is 2.46. The summed E-state index contributed by atoms with van der Waals surface area (Å²) in [5.74, 6) is 1.49. The standard InChI is InChI=1S/C28H33NO6/c1-7-15(2)35-28(31)25-17(4)29-20-12-19(18-9-11-22(32-5)24(14-18)33-6)13-21(30)26(20)27(25)23-10-8-16(3)34-23/h8-11,14-15,19,27,29H,7,12-13H2,1-6H3/t15-,19-,27-/m0/s1. The van der Waals surface area contributed by atoms with Crippen molar-refractivity contribution < 1.29 is 28.2 Å². The van der Waals surface area contributed by atoms with E-state index in [2.05, 4.69) is 5.32 Å². The van der Waals surface area contributed by atoms with Crippen LogP contribution in [0.5, 0.6) is 11.5 Å². The molecule has 3 atom stereocenters. The predicted molar refractivity (Wildman–Crippen MR) is 131 cm³/mol. The molecular weight excluding hydrogens is 446 g/mol. The number of carbonyl (C=O) groups is 2. The van der Waals surface area contributed by atoms with Gasteiger partial charge in [0.15, 0.2) is 17.3 Å². The first-order valence-corrected chi connectivity index (χ1v) is 12.0. The fourth-order valence-corrected chi connectivity index (χ4v) is 4.87. The van der Waals surface area contributed by atoms with Gasteiger partial charge in [0.2, 0.25) is 0 Å². The molecule has 7 nitrogen and oxygen atoms in total. The Kier molecular flexibility index (Phi) is 7.05. The zero-order chi connectivity index (χ0) is 25.3. The number of hydrogen-bond acceptors (Lipinski definition) is 7. The number of ether oxygens (including phenoxy) is 3. The Bertz CT molecular complexity index is 1200. The molecule has 7 heteroatoms. The molecule has 0 spiro atoms. The van der Waals surface area contributed by atoms with Gasteiger partial charge in [-0.1, -0.05) is 13.0 Å². The molecule has 1 aliphatic carbocycles. The zero-order valence-electron chi connectivity index (χ0n) is 21.2. The van der Waals surface area contributed by atoms with E-state index in [0.717, 1.165) is 17.0 Å². The number of nitrogens with one attached hydrogen (secondary N) is 1. The average molecular weight is 480 g/mol. The largest absolute Gasteiger partial charge is 0.493 e. The van der Waals surface area contributed by atoms with Crippen LogP contribution in [0.15, 0.2) is 57.3 Å². The first kappa shape index (κ1) is 24.6. The highest BCUT2D eigenvalue weighted by molar-refractivity contribution is 6.04. The van der Waals surface area contributed by atoms with Crippen LogP contribution in [0, 0.1) is 6.92 Å². The van der Waals surface area contributed by atoms with Gasteiger partial charge in [0.25, 0.3) is 0 Å². The van der Waals surface area contributed by atoms with Gasteiger partial charge in [-0.2, -0.15) is 0 Å². The maximum absolute atomic E-state index is 13.7. The maximum atomic E-state index is 13.7. The second kappa shape index (κ2) is 10.0. The molecule has 2 aliphatic rings. The third kappa shape index (κ3) is 4.72. The summed E-state index contributed by atoms with van der Waals surface area (Å²) in [4.78, 5) is 26.9. The molecule has 0 saturated carbocycles. The lowest BCUT2D eigenvalue weighted by atomic mass is 9.73. The van der Waals surface area contributed by atoms with Crippen molar-refractivity contribution in [2.45, 2.75) is 64.9 Å². The molecule has 35 heavy (non-hydrogen) atoms. The van der Waals surface area contributed by atoms with Crippen LogP contribution in [0.3, 0.4) is 0 Å². The SMILES string of the molecule is CC[C@H](C)OC(=O)C1=C(C)NC2=C(C(=O)C[C@@H](c3ccc(OC)c(OC)c3)C2)[C@H]1c1ccc(C)o1. The smallest absolute Gasteiger partial charge is 0.337 e. The number of hydrogen-bond donors (Lipinski definition) is 1. The third-order valence-corrected chi connectivity index (χ3v) is 6.86. The Morgan fingerprint density at radius 3 is 2.49 bits per heavy atom. The fraction of sp³-hybridized carbons (Fsp3) is 0.429. The number of dihydropyridines is 1. The van der Waals surface area contributed by atoms with Crippen molar-refractivity contribution in [1.82, 2.24) is 5.32 Å². The van der Waals surface area contributed by atoms with Gasteiger partial charge in [-0.05, 0) is 69.4 Å². The van der Waals surface area contributed by atoms with Crippen LogP contribution in [-0.4, -0.2) is 32.1 Å². The van der Waals surface area contributed by atoms with E-state index < -0.39 is 11.9 Å². The van der Waals surface area contributed by atoms with Crippen LogP contribution >= 0.6 is 0 Å². The predicted octanol–water partition coefficient (Wildman–Crippen LogP) is 5.31. The van der Waals surface area contributed by atoms with E-state index in [0.29, 0.717) is 53.4 Å². The number of allylic oxidation sites excluding steroid dienone is 3. The zero-order valence-corrected chi connectivity index (χ0v) is 21.2. The number of Topliss-reactive ketones (excluding diaryl/α,β-unsaturated/α-hetero) is 1. The van der Waals surface area contributed by atoms with E-state index in [1.165, 1.54) is 0 Å². The lowest BCUT2D eigenvalue weighted by molar-refractivity contribution is -0.144. The number of aryl methyl sites for hydroxylation is 1. The first-order valence-electron chi connectivity index (χ1n) is 12.0. The molecule has 2 heterocycles. The van der Waals surface area contributed by atoms with E-state index in [9.17, 15) is 9.59 Å². The highest BCUT2D eigenvalue weighted by atomic mass is 16.5. The lowest BCUT2D eigenvalue weighted by Crippen LogP contribution is -2.36. The summed E-state index contributed by atoms with van der Waals surface area (Å²) in [6.07, 6.45) is 1.42. The molecule has 186 valence electrons. The fourth-order valence-electron chi connectivity index (χ4n) is 4.87. The minimum atomic E-state index is -0.602. The van der Waals surface area contributed by atoms with E-state index in [4.69, 9.17) is 18.6 Å². The number of benzene rings is 1. The normalized spacial score (nSPS) is 20.8. The summed E-state index contributed by atoms with van der Waals surface area (Å²) in [5.41, 5.74) is 3.50. The minimum absolute atomic E-state index is 0.0149. The quantitative estimate of drug-likeness (QED) is 0.539. The van der Waals surface area contributed by atoms with Gasteiger partial charge in [0.05, 0.1) is 31.8 Å². The molecule has 0 fully saturated rings. The molecule has 1 N–H and O–H groups in total. The number of carbonyl (C=O) groups excluding carboxylic acids is 2. The summed E-state index contributed by atoms with van der Waals surface area (Å²) in [6, 6.07) is 9.45. The third-order valence-electron chi connectivity index (χ3n) is 6.86. The Balaban J connectivity index is 1.74. The van der Waals surface area contributed by atoms with Crippen LogP contribution in [0.2, 0.25) is 0 Å². The van der Waals surface area contributed by atoms with Gasteiger partial charge < -0.3 is 23.9 Å². The Hall–Kier alpha value is -3.48. The number of methoxy groups -OCH3 is 2. The summed E-state index contributed by atoms with van der Waals surface area (Å²) in [6.45, 7) is 7.53. The van der Waals surface area contributed by atoms with Crippen LogP contribution in [-0.2, 0) is 14.3 Å². The second-order valence-electron chi connectivity index (χ2n) is 9.20. The van der Waals surface area contributed by atoms with Crippen molar-refractivity contribution in [1.29, 1.82) is 0 Å². The van der Waals surface area contributed by atoms with Crippen LogP contribution < -0.4 is 14.8 Å². The molecule has 4 rings (SSSR count). The highest BCUT2D eigenvalue weighted by Gasteiger charge is 2.43. The molecule has 0 bridgehead atoms. The minimum Gasteiger partial charge on any atom is -0.493 e. The summed E-state index contributed by atoms with van der Waals surface area (Å²) in [5, 5.41) is 3.37. The molecule has 0 unspecified atom stereocenters. The maximum Gasteiger partial charge on any atom is 0.337 e. The van der Waals surface area contributed by atoms with Crippen molar-refractivity contribution in [3.63, 3.8) is 0 Å². The Labute approximate surface area is 206 Å². The van der Waals surface area contributed by atoms with Gasteiger partial charge in [0, 0.05) is 23.4 Å². The first-order chi connectivity index (χ1) is 16.8. The molecular formula is C28H33NO6. The van der Waals surface area contributed by atoms with Crippen LogP contribution in [0.1, 0.15) is 69.0 Å². The monoisotopic (exact) mass is 479 g/mol. The van der Waals surface area contributed by atoms with Gasteiger partial charge in [-0.15, -0.1) is 0 Å². The molecule has 0 saturated heterocycles. The van der Waals surface area contributed by atoms with Crippen LogP contribution in [0.25, 0.3) is 0 Å². The molecule has 0 radical (unpaired) electrons. The summed E-state index contributed by atoms with van der Waals surface area (Å²) >= 11 is 0. The Morgan fingerprint density at radius 2 is 1.86 bits per heavy atom. The molecule has 2 aromatic rings. The second-order valence-corrected chi connectivity index (χ2v) is 9.20. The van der Waals surface area contributed by atoms with E-state index in [-0.39, 0.29) is 17.8 Å². The Morgan fingerprint density at radius 1 is 1.11 bits per heavy atom. The van der Waals surface area contributed by atoms with E-state index >= 15 is 0 Å². The van der Waals surface area contributed by atoms with E-state index in [1.54, 1.807) is 14.2 Å². The van der Waals surface area contributed by atoms with Gasteiger partial charge in [-0.25, -0.2) is 4.79 Å². The van der Waals surface area contributed by atoms with Crippen molar-refractivity contribution in [3.8, 4) is 11.5 Å². The van der Waals surface area contributed by atoms with Crippen LogP contribution in [0.4, 0.5) is 0 Å². The number of ketones is 1. The number of esters is 1. The summed E-state index contributed by atoms with van der Waals surface area (Å²) in [7, 11) is 3.20. The number of furan rings is 1. The topological polar surface area (TPSA) is 87.0 Å². The van der Waals surface area contributed by atoms with E-state index in [1.807, 2.05) is 58.0 Å². The average Bonchev–Trinajstić information content (AvgIpc) is 3.28. The molecule has 1 aliphatic heterocycles. The molecule has 1 aromatic heterocycles.